The van der Waals surface area contributed by atoms with E-state index in [0.29, 0.717) is 0 Å². The molecule has 0 bridgehead atoms. The lowest BCUT2D eigenvalue weighted by molar-refractivity contribution is 0.661. The number of benzene rings is 14. The van der Waals surface area contributed by atoms with E-state index in [1.165, 1.54) is 166 Å². The normalized spacial score (nSPS) is 12.8. The quantitative estimate of drug-likeness (QED) is 0.121. The number of hydrogen-bond donors (Lipinski definition) is 0. The Balaban J connectivity index is 0.553. The zero-order chi connectivity index (χ0) is 59.2. The third-order valence-electron chi connectivity index (χ3n) is 18.9. The van der Waals surface area contributed by atoms with Crippen molar-refractivity contribution in [1.82, 2.24) is 9.13 Å². The minimum absolute atomic E-state index is 0.148. The number of para-hydroxylation sites is 2. The van der Waals surface area contributed by atoms with Crippen LogP contribution in [0.15, 0.2) is 303 Å². The maximum Gasteiger partial charge on any atom is 0.0541 e. The molecule has 2 nitrogen and oxygen atoms in total. The first-order chi connectivity index (χ1) is 43.8. The molecule has 0 amide bonds. The molecule has 0 saturated heterocycles. The third-order valence-corrected chi connectivity index (χ3v) is 18.9. The van der Waals surface area contributed by atoms with E-state index in [4.69, 9.17) is 0 Å². The van der Waals surface area contributed by atoms with Gasteiger partial charge in [-0.25, -0.2) is 0 Å². The van der Waals surface area contributed by atoms with Gasteiger partial charge in [0.05, 0.1) is 22.1 Å². The van der Waals surface area contributed by atoms with Crippen LogP contribution in [0, 0.1) is 0 Å². The van der Waals surface area contributed by atoms with Gasteiger partial charge in [-0.05, 0) is 183 Å². The molecule has 0 spiro atoms. The van der Waals surface area contributed by atoms with Crippen LogP contribution in [-0.4, -0.2) is 9.13 Å². The molecule has 16 aromatic rings. The molecule has 0 N–H and O–H groups in total. The molecule has 0 unspecified atom stereocenters. The molecule has 0 radical (unpaired) electrons. The number of aromatic nitrogens is 2. The summed E-state index contributed by atoms with van der Waals surface area (Å²) in [6.07, 6.45) is 8.85. The van der Waals surface area contributed by atoms with Crippen LogP contribution in [-0.2, 0) is 5.41 Å². The van der Waals surface area contributed by atoms with Gasteiger partial charge in [0, 0.05) is 38.3 Å². The standard InChI is InChI=1S/C87H60N2/c1-87(2)81-55-71(65-35-27-59(28-36-65)21-19-57-23-31-63(32-24-57)69-43-49-85-79(53-69)77-15-7-9-17-83(77)88(85)73-45-39-61-11-3-5-13-67(61)51-73)41-47-75(81)76-48-42-72(56-82(76)87)66-37-29-60(30-38-66)22-20-58-25-33-64(34-26-58)70-44-50-86-80(54-70)78-16-8-10-18-84(78)89(86)74-46-40-62-12-4-6-14-68(62)52-74/h3-56H,1-2H3. The van der Waals surface area contributed by atoms with Gasteiger partial charge >= 0.3 is 0 Å². The molecule has 0 atom stereocenters. The maximum absolute atomic E-state index is 2.42. The Hall–Kier alpha value is -11.3. The van der Waals surface area contributed by atoms with Crippen molar-refractivity contribution in [2.24, 2.45) is 0 Å². The fraction of sp³-hybridized carbons (Fsp3) is 0.0345. The molecule has 1 aliphatic carbocycles. The summed E-state index contributed by atoms with van der Waals surface area (Å²) in [6, 6.07) is 112. The first kappa shape index (κ1) is 52.0. The van der Waals surface area contributed by atoms with Crippen molar-refractivity contribution in [2.75, 3.05) is 0 Å². The largest absolute Gasteiger partial charge is 0.309 e. The van der Waals surface area contributed by atoms with Crippen LogP contribution in [0.25, 0.3) is 156 Å². The smallest absolute Gasteiger partial charge is 0.0541 e. The van der Waals surface area contributed by atoms with Crippen LogP contribution >= 0.6 is 0 Å². The highest BCUT2D eigenvalue weighted by molar-refractivity contribution is 6.12. The Bertz CT molecular complexity index is 5190. The summed E-state index contributed by atoms with van der Waals surface area (Å²) in [6.45, 7) is 4.76. The molecule has 0 aliphatic heterocycles. The number of hydrogen-bond acceptors (Lipinski definition) is 0. The van der Waals surface area contributed by atoms with Crippen molar-refractivity contribution in [3.8, 4) is 67.0 Å². The topological polar surface area (TPSA) is 9.86 Å². The molecule has 1 aliphatic rings. The van der Waals surface area contributed by atoms with Crippen molar-refractivity contribution in [1.29, 1.82) is 0 Å². The molecule has 0 fully saturated rings. The molecule has 0 saturated carbocycles. The molecule has 2 aromatic heterocycles. The third kappa shape index (κ3) is 9.11. The summed E-state index contributed by atoms with van der Waals surface area (Å²) in [5.74, 6) is 0. The van der Waals surface area contributed by atoms with E-state index in [0.717, 1.165) is 0 Å². The summed E-state index contributed by atoms with van der Waals surface area (Å²) >= 11 is 0. The molecule has 89 heavy (non-hydrogen) atoms. The Morgan fingerprint density at radius 3 is 0.921 bits per heavy atom. The summed E-state index contributed by atoms with van der Waals surface area (Å²) in [4.78, 5) is 0. The zero-order valence-corrected chi connectivity index (χ0v) is 49.6. The van der Waals surface area contributed by atoms with Gasteiger partial charge in [0.15, 0.2) is 0 Å². The molecule has 14 aromatic carbocycles. The Morgan fingerprint density at radius 2 is 0.539 bits per heavy atom. The van der Waals surface area contributed by atoms with Crippen LogP contribution in [0.4, 0.5) is 0 Å². The van der Waals surface area contributed by atoms with E-state index in [1.807, 2.05) is 0 Å². The van der Waals surface area contributed by atoms with Crippen LogP contribution < -0.4 is 0 Å². The Kier molecular flexibility index (Phi) is 12.3. The van der Waals surface area contributed by atoms with Crippen LogP contribution in [0.5, 0.6) is 0 Å². The monoisotopic (exact) mass is 1130 g/mol. The minimum Gasteiger partial charge on any atom is -0.309 e. The van der Waals surface area contributed by atoms with Crippen LogP contribution in [0.1, 0.15) is 47.2 Å². The molecule has 2 heteroatoms. The second-order valence-electron chi connectivity index (χ2n) is 24.5. The van der Waals surface area contributed by atoms with E-state index in [9.17, 15) is 0 Å². The van der Waals surface area contributed by atoms with Gasteiger partial charge < -0.3 is 9.13 Å². The predicted octanol–water partition coefficient (Wildman–Crippen LogP) is 23.5. The van der Waals surface area contributed by atoms with Crippen molar-refractivity contribution < 1.29 is 0 Å². The van der Waals surface area contributed by atoms with E-state index < -0.39 is 0 Å². The fourth-order valence-electron chi connectivity index (χ4n) is 14.1. The summed E-state index contributed by atoms with van der Waals surface area (Å²) < 4.78 is 4.80. The van der Waals surface area contributed by atoms with E-state index in [1.54, 1.807) is 0 Å². The van der Waals surface area contributed by atoms with Gasteiger partial charge in [-0.2, -0.15) is 0 Å². The molecular weight excluding hydrogens is 1070 g/mol. The maximum atomic E-state index is 2.42. The molecule has 17 rings (SSSR count). The average Bonchev–Trinajstić information content (AvgIpc) is 1.69. The van der Waals surface area contributed by atoms with Gasteiger partial charge in [0.2, 0.25) is 0 Å². The number of fused-ring (bicyclic) bond motifs is 11. The predicted molar refractivity (Wildman–Crippen MR) is 380 cm³/mol. The second-order valence-corrected chi connectivity index (χ2v) is 24.5. The lowest BCUT2D eigenvalue weighted by atomic mass is 9.81. The lowest BCUT2D eigenvalue weighted by Crippen LogP contribution is -2.15. The highest BCUT2D eigenvalue weighted by atomic mass is 15.0. The van der Waals surface area contributed by atoms with Crippen LogP contribution in [0.3, 0.4) is 0 Å². The first-order valence-corrected chi connectivity index (χ1v) is 30.9. The lowest BCUT2D eigenvalue weighted by Gasteiger charge is -2.22. The zero-order valence-electron chi connectivity index (χ0n) is 49.6. The highest BCUT2D eigenvalue weighted by Crippen LogP contribution is 2.51. The highest BCUT2D eigenvalue weighted by Gasteiger charge is 2.36. The Morgan fingerprint density at radius 1 is 0.236 bits per heavy atom. The minimum atomic E-state index is -0.148. The molecular formula is C87H60N2. The van der Waals surface area contributed by atoms with E-state index in [2.05, 4.69) is 351 Å². The van der Waals surface area contributed by atoms with Gasteiger partial charge in [-0.3, -0.25) is 0 Å². The average molecular weight is 1130 g/mol. The molecule has 418 valence electrons. The number of rotatable bonds is 10. The summed E-state index contributed by atoms with van der Waals surface area (Å²) in [7, 11) is 0. The Labute approximate surface area is 518 Å². The van der Waals surface area contributed by atoms with E-state index >= 15 is 0 Å². The van der Waals surface area contributed by atoms with Crippen LogP contribution in [0.2, 0.25) is 0 Å². The number of nitrogens with zero attached hydrogens (tertiary/aromatic N) is 2. The molecule has 2 heterocycles. The van der Waals surface area contributed by atoms with Crippen molar-refractivity contribution in [3.63, 3.8) is 0 Å². The van der Waals surface area contributed by atoms with Crippen molar-refractivity contribution in [3.05, 3.63) is 337 Å². The van der Waals surface area contributed by atoms with Gasteiger partial charge in [-0.1, -0.05) is 269 Å². The van der Waals surface area contributed by atoms with Gasteiger partial charge in [-0.15, -0.1) is 0 Å². The fourth-order valence-corrected chi connectivity index (χ4v) is 14.1. The first-order valence-electron chi connectivity index (χ1n) is 30.9. The van der Waals surface area contributed by atoms with E-state index in [-0.39, 0.29) is 5.41 Å². The van der Waals surface area contributed by atoms with Gasteiger partial charge in [0.1, 0.15) is 0 Å². The SMILES string of the molecule is CC1(C)c2cc(-c3ccc(C=Cc4ccc(-c5ccc6c(c5)c5ccccc5n6-c5ccc6ccccc6c5)cc4)cc3)ccc2-c2ccc(-c3ccc(C=Cc4ccc(-c5ccc6c(c5)c5ccccc5n6-c5ccc6ccccc6c5)cc4)cc3)cc21. The van der Waals surface area contributed by atoms with Crippen molar-refractivity contribution in [2.45, 2.75) is 19.3 Å². The summed E-state index contributed by atoms with van der Waals surface area (Å²) in [5, 5.41) is 10.0. The second kappa shape index (κ2) is 21.0. The summed E-state index contributed by atoms with van der Waals surface area (Å²) in [5.41, 5.74) is 26.9. The van der Waals surface area contributed by atoms with Crippen molar-refractivity contribution >= 4 is 89.5 Å². The van der Waals surface area contributed by atoms with Gasteiger partial charge in [0.25, 0.3) is 0 Å².